The summed E-state index contributed by atoms with van der Waals surface area (Å²) in [5.41, 5.74) is 0.950. The van der Waals surface area contributed by atoms with Crippen LogP contribution in [-0.4, -0.2) is 35.8 Å². The number of urea groups is 1. The van der Waals surface area contributed by atoms with Crippen molar-refractivity contribution in [2.75, 3.05) is 29.3 Å². The van der Waals surface area contributed by atoms with Crippen LogP contribution in [0.1, 0.15) is 6.92 Å². The molecule has 0 saturated heterocycles. The van der Waals surface area contributed by atoms with Gasteiger partial charge in [-0.2, -0.15) is 4.98 Å². The van der Waals surface area contributed by atoms with E-state index in [1.54, 1.807) is 37.4 Å². The van der Waals surface area contributed by atoms with Gasteiger partial charge in [-0.15, -0.1) is 0 Å². The van der Waals surface area contributed by atoms with Crippen molar-refractivity contribution in [1.29, 1.82) is 0 Å². The number of anilines is 4. The number of methoxy groups -OCH3 is 1. The Hall–Kier alpha value is -3.23. The number of carbonyl (C=O) groups excluding carboxylic acids is 1. The molecular weight excluding hydrogens is 409 g/mol. The van der Waals surface area contributed by atoms with Gasteiger partial charge in [0.15, 0.2) is 0 Å². The summed E-state index contributed by atoms with van der Waals surface area (Å²) in [6.45, 7) is 2.38. The highest BCUT2D eigenvalue weighted by Crippen LogP contribution is 2.26. The van der Waals surface area contributed by atoms with E-state index < -0.39 is 11.8 Å². The van der Waals surface area contributed by atoms with Crippen LogP contribution in [-0.2, 0) is 4.74 Å². The predicted molar refractivity (Wildman–Crippen MR) is 116 cm³/mol. The molecule has 2 aromatic carbocycles. The van der Waals surface area contributed by atoms with Crippen molar-refractivity contribution >= 4 is 40.8 Å². The van der Waals surface area contributed by atoms with Gasteiger partial charge in [-0.3, -0.25) is 0 Å². The molecule has 7 nitrogen and oxygen atoms in total. The van der Waals surface area contributed by atoms with Gasteiger partial charge in [-0.25, -0.2) is 19.1 Å². The van der Waals surface area contributed by atoms with E-state index in [4.69, 9.17) is 16.3 Å². The third-order valence-electron chi connectivity index (χ3n) is 4.03. The largest absolute Gasteiger partial charge is 0.383 e. The van der Waals surface area contributed by atoms with Crippen molar-refractivity contribution in [1.82, 2.24) is 9.97 Å². The molecule has 0 spiro atoms. The maximum atomic E-state index is 13.4. The molecule has 1 heterocycles. The van der Waals surface area contributed by atoms with Crippen molar-refractivity contribution < 1.29 is 13.9 Å². The first kappa shape index (κ1) is 21.5. The summed E-state index contributed by atoms with van der Waals surface area (Å²) >= 11 is 6.01. The van der Waals surface area contributed by atoms with E-state index in [1.807, 2.05) is 6.92 Å². The third-order valence-corrected chi connectivity index (χ3v) is 4.26. The Bertz CT molecular complexity index is 1000. The van der Waals surface area contributed by atoms with Crippen LogP contribution in [0, 0.1) is 5.82 Å². The average Bonchev–Trinajstić information content (AvgIpc) is 2.70. The van der Waals surface area contributed by atoms with Gasteiger partial charge in [0.1, 0.15) is 11.6 Å². The maximum absolute atomic E-state index is 13.4. The fourth-order valence-corrected chi connectivity index (χ4v) is 2.93. The number of rotatable bonds is 7. The van der Waals surface area contributed by atoms with E-state index in [0.29, 0.717) is 34.8 Å². The molecule has 0 radical (unpaired) electrons. The highest BCUT2D eigenvalue weighted by molar-refractivity contribution is 6.31. The topological polar surface area (TPSA) is 79.4 Å². The second kappa shape index (κ2) is 10.00. The molecule has 0 aliphatic carbocycles. The van der Waals surface area contributed by atoms with Crippen LogP contribution in [0.4, 0.5) is 32.3 Å². The third kappa shape index (κ3) is 5.65. The number of hydrogen-bond donors (Lipinski definition) is 2. The second-order valence-electron chi connectivity index (χ2n) is 6.49. The molecule has 30 heavy (non-hydrogen) atoms. The fraction of sp³-hybridized carbons (Fsp3) is 0.190. The Labute approximate surface area is 178 Å². The summed E-state index contributed by atoms with van der Waals surface area (Å²) in [5, 5.41) is 6.38. The normalized spacial score (nSPS) is 11.6. The minimum atomic E-state index is -0.488. The lowest BCUT2D eigenvalue weighted by Gasteiger charge is -2.23. The van der Waals surface area contributed by atoms with E-state index in [1.165, 1.54) is 35.4 Å². The highest BCUT2D eigenvalue weighted by Gasteiger charge is 2.21. The summed E-state index contributed by atoms with van der Waals surface area (Å²) in [6.07, 6.45) is 1.54. The first-order valence-electron chi connectivity index (χ1n) is 9.17. The lowest BCUT2D eigenvalue weighted by atomic mass is 10.2. The Morgan fingerprint density at radius 1 is 1.23 bits per heavy atom. The summed E-state index contributed by atoms with van der Waals surface area (Å²) in [5.74, 6) is 0.232. The van der Waals surface area contributed by atoms with Crippen molar-refractivity contribution in [3.63, 3.8) is 0 Å². The molecule has 3 aromatic rings. The highest BCUT2D eigenvalue weighted by atomic mass is 35.5. The zero-order valence-electron chi connectivity index (χ0n) is 16.5. The molecule has 0 bridgehead atoms. The maximum Gasteiger partial charge on any atom is 0.332 e. The van der Waals surface area contributed by atoms with Gasteiger partial charge in [0.25, 0.3) is 0 Å². The number of benzene rings is 2. The van der Waals surface area contributed by atoms with Gasteiger partial charge in [0.2, 0.25) is 5.95 Å². The van der Waals surface area contributed by atoms with Crippen LogP contribution in [0.3, 0.4) is 0 Å². The SMILES string of the molecule is COCC(C)Nc1nccc(N(C(=O)Nc2cccc(Cl)c2)c2ccc(F)cc2)n1. The molecule has 1 aromatic heterocycles. The lowest BCUT2D eigenvalue weighted by Crippen LogP contribution is -2.32. The van der Waals surface area contributed by atoms with Crippen LogP contribution < -0.4 is 15.5 Å². The van der Waals surface area contributed by atoms with Crippen molar-refractivity contribution in [3.8, 4) is 0 Å². The number of nitrogens with zero attached hydrogens (tertiary/aromatic N) is 3. The van der Waals surface area contributed by atoms with Gasteiger partial charge < -0.3 is 15.4 Å². The van der Waals surface area contributed by atoms with E-state index in [0.717, 1.165) is 0 Å². The van der Waals surface area contributed by atoms with Crippen LogP contribution in [0.25, 0.3) is 0 Å². The number of ether oxygens (including phenoxy) is 1. The molecule has 2 N–H and O–H groups in total. The van der Waals surface area contributed by atoms with Gasteiger partial charge in [0.05, 0.1) is 12.3 Å². The predicted octanol–water partition coefficient (Wildman–Crippen LogP) is 5.09. The van der Waals surface area contributed by atoms with Crippen LogP contribution >= 0.6 is 11.6 Å². The minimum Gasteiger partial charge on any atom is -0.383 e. The molecule has 0 aliphatic heterocycles. The average molecular weight is 430 g/mol. The number of aromatic nitrogens is 2. The van der Waals surface area contributed by atoms with Crippen molar-refractivity contribution in [3.05, 3.63) is 71.6 Å². The number of halogens is 2. The molecule has 0 saturated carbocycles. The van der Waals surface area contributed by atoms with Gasteiger partial charge >= 0.3 is 6.03 Å². The fourth-order valence-electron chi connectivity index (χ4n) is 2.74. The minimum absolute atomic E-state index is 0.0372. The van der Waals surface area contributed by atoms with Crippen molar-refractivity contribution in [2.45, 2.75) is 13.0 Å². The van der Waals surface area contributed by atoms with Gasteiger partial charge in [-0.1, -0.05) is 17.7 Å². The quantitative estimate of drug-likeness (QED) is 0.547. The van der Waals surface area contributed by atoms with E-state index in [-0.39, 0.29) is 6.04 Å². The lowest BCUT2D eigenvalue weighted by molar-refractivity contribution is 0.190. The summed E-state index contributed by atoms with van der Waals surface area (Å²) in [6, 6.07) is 13.4. The molecule has 3 rings (SSSR count). The Morgan fingerprint density at radius 3 is 2.70 bits per heavy atom. The van der Waals surface area contributed by atoms with E-state index in [9.17, 15) is 9.18 Å². The molecule has 1 atom stereocenters. The van der Waals surface area contributed by atoms with Gasteiger partial charge in [-0.05, 0) is 49.4 Å². The number of amides is 2. The molecule has 0 aliphatic rings. The van der Waals surface area contributed by atoms with E-state index in [2.05, 4.69) is 20.6 Å². The van der Waals surface area contributed by atoms with Crippen LogP contribution in [0.5, 0.6) is 0 Å². The van der Waals surface area contributed by atoms with Crippen LogP contribution in [0.2, 0.25) is 5.02 Å². The standard InChI is InChI=1S/C21H21ClFN5O2/c1-14(13-30-2)25-20-24-11-10-19(27-20)28(18-8-6-16(23)7-9-18)21(29)26-17-5-3-4-15(22)12-17/h3-12,14H,13H2,1-2H3,(H,26,29)(H,24,25,27). The summed E-state index contributed by atoms with van der Waals surface area (Å²) in [4.78, 5) is 23.1. The number of hydrogen-bond acceptors (Lipinski definition) is 5. The Balaban J connectivity index is 1.93. The zero-order chi connectivity index (χ0) is 21.5. The zero-order valence-corrected chi connectivity index (χ0v) is 17.2. The van der Waals surface area contributed by atoms with E-state index >= 15 is 0 Å². The van der Waals surface area contributed by atoms with Gasteiger partial charge in [0, 0.05) is 36.1 Å². The Morgan fingerprint density at radius 2 is 2.00 bits per heavy atom. The van der Waals surface area contributed by atoms with Crippen LogP contribution in [0.15, 0.2) is 60.8 Å². The first-order valence-corrected chi connectivity index (χ1v) is 9.55. The molecule has 156 valence electrons. The number of nitrogens with one attached hydrogen (secondary N) is 2. The summed E-state index contributed by atoms with van der Waals surface area (Å²) < 4.78 is 18.6. The smallest absolute Gasteiger partial charge is 0.332 e. The molecule has 2 amide bonds. The molecule has 1 unspecified atom stereocenters. The monoisotopic (exact) mass is 429 g/mol. The Kier molecular flexibility index (Phi) is 7.16. The molecule has 0 fully saturated rings. The first-order chi connectivity index (χ1) is 14.5. The molecular formula is C21H21ClFN5O2. The summed E-state index contributed by atoms with van der Waals surface area (Å²) in [7, 11) is 1.60. The second-order valence-corrected chi connectivity index (χ2v) is 6.93. The van der Waals surface area contributed by atoms with Crippen molar-refractivity contribution in [2.24, 2.45) is 0 Å². The molecule has 9 heteroatoms. The number of carbonyl (C=O) groups is 1.